The third kappa shape index (κ3) is 6.87. The van der Waals surface area contributed by atoms with Crippen LogP contribution in [-0.4, -0.2) is 73.2 Å². The Kier molecular flexibility index (Phi) is 8.11. The first-order valence-electron chi connectivity index (χ1n) is 11.2. The van der Waals surface area contributed by atoms with Gasteiger partial charge in [-0.2, -0.15) is 0 Å². The molecule has 2 aromatic rings. The van der Waals surface area contributed by atoms with E-state index in [1.165, 1.54) is 0 Å². The molecule has 3 N–H and O–H groups in total. The number of morpholine rings is 1. The highest BCUT2D eigenvalue weighted by molar-refractivity contribution is 7.90. The van der Waals surface area contributed by atoms with Gasteiger partial charge in [0.2, 0.25) is 0 Å². The largest absolute Gasteiger partial charge is 0.394 e. The lowest BCUT2D eigenvalue weighted by molar-refractivity contribution is 0.0985. The fourth-order valence-corrected chi connectivity index (χ4v) is 4.24. The molecule has 11 heteroatoms. The molecule has 2 heterocycles. The van der Waals surface area contributed by atoms with Crippen molar-refractivity contribution in [3.63, 3.8) is 0 Å². The van der Waals surface area contributed by atoms with Crippen LogP contribution in [0.5, 0.6) is 0 Å². The zero-order valence-electron chi connectivity index (χ0n) is 20.0. The van der Waals surface area contributed by atoms with Crippen LogP contribution in [0.1, 0.15) is 33.4 Å². The number of carbonyl (C=O) groups excluding carboxylic acids is 1. The minimum atomic E-state index is -3.28. The molecule has 2 amide bonds. The highest BCUT2D eigenvalue weighted by Crippen LogP contribution is 2.25. The van der Waals surface area contributed by atoms with Gasteiger partial charge in [0.1, 0.15) is 5.82 Å². The summed E-state index contributed by atoms with van der Waals surface area (Å²) in [5.41, 5.74) is 0.944. The second kappa shape index (κ2) is 10.7. The highest BCUT2D eigenvalue weighted by atomic mass is 32.2. The summed E-state index contributed by atoms with van der Waals surface area (Å²) in [6.07, 6.45) is 0. The minimum absolute atomic E-state index is 0.0329. The van der Waals surface area contributed by atoms with Gasteiger partial charge >= 0.3 is 6.03 Å². The number of benzene rings is 1. The van der Waals surface area contributed by atoms with Crippen LogP contribution in [0.25, 0.3) is 11.4 Å². The van der Waals surface area contributed by atoms with E-state index in [2.05, 4.69) is 20.5 Å². The van der Waals surface area contributed by atoms with Crippen LogP contribution in [0.15, 0.2) is 30.3 Å². The number of sulfone groups is 1. The molecule has 0 radical (unpaired) electrons. The van der Waals surface area contributed by atoms with Gasteiger partial charge in [-0.3, -0.25) is 0 Å². The Labute approximate surface area is 200 Å². The second-order valence-corrected chi connectivity index (χ2v) is 11.4. The maximum absolute atomic E-state index is 12.3. The first kappa shape index (κ1) is 25.9. The molecular formula is C23H33N5O5S. The summed E-state index contributed by atoms with van der Waals surface area (Å²) in [4.78, 5) is 23.5. The quantitative estimate of drug-likeness (QED) is 0.512. The summed E-state index contributed by atoms with van der Waals surface area (Å²) in [5, 5.41) is 14.7. The Morgan fingerprint density at radius 2 is 1.97 bits per heavy atom. The molecule has 3 rings (SSSR count). The van der Waals surface area contributed by atoms with E-state index < -0.39 is 21.4 Å². The van der Waals surface area contributed by atoms with E-state index in [0.717, 1.165) is 0 Å². The van der Waals surface area contributed by atoms with Crippen LogP contribution in [0.2, 0.25) is 0 Å². The van der Waals surface area contributed by atoms with Crippen molar-refractivity contribution in [1.29, 1.82) is 0 Å². The first-order chi connectivity index (χ1) is 16.0. The smallest absolute Gasteiger partial charge is 0.319 e. The predicted octanol–water partition coefficient (Wildman–Crippen LogP) is 2.20. The minimum Gasteiger partial charge on any atom is -0.394 e. The van der Waals surface area contributed by atoms with Gasteiger partial charge in [0.15, 0.2) is 15.7 Å². The summed E-state index contributed by atoms with van der Waals surface area (Å²) >= 11 is 0. The standard InChI is InChI=1S/C23H33N5O5S/c1-5-34(31,32)14-19-12-20(28-10-11-33-13-16(28)2)26-21(24-19)17-6-8-18(9-7-17)25-22(30)27-23(3,4)15-29/h6-9,12,16,29H,5,10-11,13-15H2,1-4H3,(H2,25,27,30)/t16-/m0/s1. The molecule has 0 bridgehead atoms. The third-order valence-electron chi connectivity index (χ3n) is 5.48. The summed E-state index contributed by atoms with van der Waals surface area (Å²) in [6.45, 7) is 8.68. The number of hydrogen-bond donors (Lipinski definition) is 3. The van der Waals surface area contributed by atoms with Crippen molar-refractivity contribution >= 4 is 27.4 Å². The Morgan fingerprint density at radius 1 is 1.26 bits per heavy atom. The Bertz CT molecular complexity index is 1110. The Hall–Kier alpha value is -2.76. The topological polar surface area (TPSA) is 134 Å². The molecule has 1 aromatic heterocycles. The number of hydrogen-bond acceptors (Lipinski definition) is 8. The zero-order valence-corrected chi connectivity index (χ0v) is 20.9. The number of anilines is 2. The average Bonchev–Trinajstić information content (AvgIpc) is 2.79. The molecule has 1 saturated heterocycles. The SMILES string of the molecule is CCS(=O)(=O)Cc1cc(N2CCOC[C@@H]2C)nc(-c2ccc(NC(=O)NC(C)(C)CO)cc2)n1. The van der Waals surface area contributed by atoms with Gasteiger partial charge in [-0.1, -0.05) is 6.92 Å². The van der Waals surface area contributed by atoms with Crippen LogP contribution in [0.3, 0.4) is 0 Å². The number of ether oxygens (including phenoxy) is 1. The van der Waals surface area contributed by atoms with Gasteiger partial charge in [0.25, 0.3) is 0 Å². The fourth-order valence-electron chi connectivity index (χ4n) is 3.44. The maximum Gasteiger partial charge on any atom is 0.319 e. The lowest BCUT2D eigenvalue weighted by atomic mass is 10.1. The summed E-state index contributed by atoms with van der Waals surface area (Å²) in [6, 6.07) is 8.38. The van der Waals surface area contributed by atoms with Crippen molar-refractivity contribution in [3.8, 4) is 11.4 Å². The molecule has 186 valence electrons. The zero-order chi connectivity index (χ0) is 24.9. The van der Waals surface area contributed by atoms with E-state index in [9.17, 15) is 18.3 Å². The van der Waals surface area contributed by atoms with Crippen molar-refractivity contribution in [2.45, 2.75) is 45.0 Å². The molecule has 1 aliphatic heterocycles. The molecule has 1 aromatic carbocycles. The first-order valence-corrected chi connectivity index (χ1v) is 13.1. The monoisotopic (exact) mass is 491 g/mol. The summed E-state index contributed by atoms with van der Waals surface area (Å²) < 4.78 is 30.1. The van der Waals surface area contributed by atoms with E-state index in [-0.39, 0.29) is 24.2 Å². The van der Waals surface area contributed by atoms with Crippen molar-refractivity contribution in [2.75, 3.05) is 42.3 Å². The lowest BCUT2D eigenvalue weighted by Crippen LogP contribution is -2.48. The van der Waals surface area contributed by atoms with Crippen LogP contribution in [0.4, 0.5) is 16.3 Å². The van der Waals surface area contributed by atoms with E-state index in [1.807, 2.05) is 6.92 Å². The van der Waals surface area contributed by atoms with Crippen molar-refractivity contribution < 1.29 is 23.1 Å². The van der Waals surface area contributed by atoms with Crippen LogP contribution >= 0.6 is 0 Å². The van der Waals surface area contributed by atoms with Crippen LogP contribution in [-0.2, 0) is 20.3 Å². The molecule has 10 nitrogen and oxygen atoms in total. The lowest BCUT2D eigenvalue weighted by Gasteiger charge is -2.34. The maximum atomic E-state index is 12.3. The molecule has 0 aliphatic carbocycles. The number of amides is 2. The van der Waals surface area contributed by atoms with Gasteiger partial charge in [0.05, 0.1) is 42.8 Å². The van der Waals surface area contributed by atoms with E-state index >= 15 is 0 Å². The second-order valence-electron chi connectivity index (χ2n) is 9.03. The number of aliphatic hydroxyl groups is 1. The van der Waals surface area contributed by atoms with Crippen LogP contribution < -0.4 is 15.5 Å². The van der Waals surface area contributed by atoms with Crippen molar-refractivity contribution in [2.24, 2.45) is 0 Å². The summed E-state index contributed by atoms with van der Waals surface area (Å²) in [5.74, 6) is 0.945. The molecule has 34 heavy (non-hydrogen) atoms. The van der Waals surface area contributed by atoms with Gasteiger partial charge in [0, 0.05) is 29.6 Å². The molecule has 0 saturated carbocycles. The van der Waals surface area contributed by atoms with Gasteiger partial charge in [-0.25, -0.2) is 23.2 Å². The normalized spacial score (nSPS) is 16.9. The number of nitrogens with one attached hydrogen (secondary N) is 2. The van der Waals surface area contributed by atoms with Gasteiger partial charge in [-0.15, -0.1) is 0 Å². The Morgan fingerprint density at radius 3 is 2.59 bits per heavy atom. The fraction of sp³-hybridized carbons (Fsp3) is 0.522. The average molecular weight is 492 g/mol. The van der Waals surface area contributed by atoms with Gasteiger partial charge < -0.3 is 25.4 Å². The summed E-state index contributed by atoms with van der Waals surface area (Å²) in [7, 11) is -3.28. The molecule has 0 unspecified atom stereocenters. The number of aliphatic hydroxyl groups excluding tert-OH is 1. The van der Waals surface area contributed by atoms with Gasteiger partial charge in [-0.05, 0) is 45.0 Å². The van der Waals surface area contributed by atoms with Crippen molar-refractivity contribution in [1.82, 2.24) is 15.3 Å². The Balaban J connectivity index is 1.88. The molecule has 1 atom stereocenters. The molecule has 1 aliphatic rings. The number of aromatic nitrogens is 2. The molecule has 0 spiro atoms. The number of carbonyl (C=O) groups is 1. The van der Waals surface area contributed by atoms with Crippen molar-refractivity contribution in [3.05, 3.63) is 36.0 Å². The third-order valence-corrected chi connectivity index (χ3v) is 7.10. The molecular weight excluding hydrogens is 458 g/mol. The number of nitrogens with zero attached hydrogens (tertiary/aromatic N) is 3. The molecule has 1 fully saturated rings. The van der Waals surface area contributed by atoms with Crippen LogP contribution in [0, 0.1) is 0 Å². The number of urea groups is 1. The van der Waals surface area contributed by atoms with E-state index in [4.69, 9.17) is 9.72 Å². The highest BCUT2D eigenvalue weighted by Gasteiger charge is 2.23. The van der Waals surface area contributed by atoms with E-state index in [0.29, 0.717) is 48.3 Å². The number of rotatable bonds is 8. The predicted molar refractivity (Wildman–Crippen MR) is 132 cm³/mol. The van der Waals surface area contributed by atoms with E-state index in [1.54, 1.807) is 51.1 Å².